The van der Waals surface area contributed by atoms with Crippen LogP contribution in [0.1, 0.15) is 32.5 Å². The fourth-order valence-electron chi connectivity index (χ4n) is 4.08. The van der Waals surface area contributed by atoms with Crippen molar-refractivity contribution in [1.82, 2.24) is 19.8 Å². The third kappa shape index (κ3) is 4.32. The third-order valence-electron chi connectivity index (χ3n) is 5.39. The van der Waals surface area contributed by atoms with E-state index in [1.165, 1.54) is 12.1 Å². The minimum absolute atomic E-state index is 0.00907. The number of amides is 1. The number of aromatic nitrogens is 2. The number of benzene rings is 2. The van der Waals surface area contributed by atoms with Crippen LogP contribution in [-0.4, -0.2) is 39.5 Å². The zero-order valence-electron chi connectivity index (χ0n) is 16.9. The van der Waals surface area contributed by atoms with E-state index in [4.69, 9.17) is 4.98 Å². The van der Waals surface area contributed by atoms with E-state index < -0.39 is 0 Å². The Labute approximate surface area is 170 Å². The number of nitrogens with one attached hydrogen (secondary N) is 1. The molecule has 5 nitrogen and oxygen atoms in total. The summed E-state index contributed by atoms with van der Waals surface area (Å²) >= 11 is 0. The smallest absolute Gasteiger partial charge is 0.224 e. The molecular weight excluding hydrogens is 367 g/mol. The maximum atomic E-state index is 13.5. The summed E-state index contributed by atoms with van der Waals surface area (Å²) in [5.41, 5.74) is 2.80. The predicted octanol–water partition coefficient (Wildman–Crippen LogP) is 3.90. The highest BCUT2D eigenvalue weighted by atomic mass is 19.1. The Kier molecular flexibility index (Phi) is 5.62. The SMILES string of the molecule is CC(C)NC(=O)[C@@H]1CCCN(Cc2nc3ccccc3n2-c2ccc(F)cc2)C1. The molecule has 1 N–H and O–H groups in total. The van der Waals surface area contributed by atoms with Gasteiger partial charge in [-0.1, -0.05) is 12.1 Å². The van der Waals surface area contributed by atoms with Gasteiger partial charge in [0.25, 0.3) is 0 Å². The Morgan fingerprint density at radius 2 is 1.97 bits per heavy atom. The molecule has 6 heteroatoms. The first-order valence-corrected chi connectivity index (χ1v) is 10.3. The summed E-state index contributed by atoms with van der Waals surface area (Å²) in [5.74, 6) is 0.795. The van der Waals surface area contributed by atoms with Crippen LogP contribution in [0.3, 0.4) is 0 Å². The lowest BCUT2D eigenvalue weighted by Crippen LogP contribution is -2.44. The molecule has 3 aromatic rings. The summed E-state index contributed by atoms with van der Waals surface area (Å²) in [5, 5.41) is 3.04. The van der Waals surface area contributed by atoms with Gasteiger partial charge in [0, 0.05) is 18.3 Å². The molecule has 0 spiro atoms. The molecule has 4 rings (SSSR count). The van der Waals surface area contributed by atoms with E-state index >= 15 is 0 Å². The van der Waals surface area contributed by atoms with Gasteiger partial charge >= 0.3 is 0 Å². The molecule has 0 radical (unpaired) electrons. The van der Waals surface area contributed by atoms with E-state index in [9.17, 15) is 9.18 Å². The van der Waals surface area contributed by atoms with Gasteiger partial charge in [-0.2, -0.15) is 0 Å². The van der Waals surface area contributed by atoms with Gasteiger partial charge < -0.3 is 5.32 Å². The van der Waals surface area contributed by atoms with Crippen LogP contribution in [-0.2, 0) is 11.3 Å². The maximum absolute atomic E-state index is 13.5. The van der Waals surface area contributed by atoms with E-state index in [0.29, 0.717) is 6.54 Å². The van der Waals surface area contributed by atoms with Gasteiger partial charge in [0.05, 0.1) is 23.5 Å². The molecule has 2 aromatic carbocycles. The number of piperidine rings is 1. The molecule has 1 saturated heterocycles. The molecule has 0 bridgehead atoms. The van der Waals surface area contributed by atoms with E-state index in [1.54, 1.807) is 12.1 Å². The topological polar surface area (TPSA) is 50.2 Å². The molecule has 1 atom stereocenters. The van der Waals surface area contributed by atoms with Crippen molar-refractivity contribution in [3.05, 3.63) is 60.2 Å². The van der Waals surface area contributed by atoms with Crippen molar-refractivity contribution in [3.8, 4) is 5.69 Å². The average Bonchev–Trinajstić information content (AvgIpc) is 3.06. The minimum atomic E-state index is -0.255. The van der Waals surface area contributed by atoms with E-state index in [0.717, 1.165) is 48.5 Å². The molecule has 1 aromatic heterocycles. The Bertz CT molecular complexity index is 996. The summed E-state index contributed by atoms with van der Waals surface area (Å²) in [6, 6.07) is 14.6. The molecule has 0 unspecified atom stereocenters. The Morgan fingerprint density at radius 1 is 1.21 bits per heavy atom. The second kappa shape index (κ2) is 8.33. The number of fused-ring (bicyclic) bond motifs is 1. The predicted molar refractivity (Wildman–Crippen MR) is 112 cm³/mol. The van der Waals surface area contributed by atoms with Crippen LogP contribution >= 0.6 is 0 Å². The number of hydrogen-bond donors (Lipinski definition) is 1. The number of halogens is 1. The van der Waals surface area contributed by atoms with E-state index in [-0.39, 0.29) is 23.7 Å². The quantitative estimate of drug-likeness (QED) is 0.714. The summed E-state index contributed by atoms with van der Waals surface area (Å²) < 4.78 is 15.5. The average molecular weight is 394 g/mol. The summed E-state index contributed by atoms with van der Waals surface area (Å²) in [4.78, 5) is 19.6. The number of carbonyl (C=O) groups excluding carboxylic acids is 1. The number of carbonyl (C=O) groups is 1. The van der Waals surface area contributed by atoms with Gasteiger partial charge in [0.1, 0.15) is 11.6 Å². The van der Waals surface area contributed by atoms with Crippen LogP contribution in [0.4, 0.5) is 4.39 Å². The van der Waals surface area contributed by atoms with Gasteiger partial charge in [0.15, 0.2) is 0 Å². The zero-order chi connectivity index (χ0) is 20.4. The molecule has 29 heavy (non-hydrogen) atoms. The summed E-state index contributed by atoms with van der Waals surface area (Å²) in [7, 11) is 0. The molecule has 0 aliphatic carbocycles. The molecule has 0 saturated carbocycles. The van der Waals surface area contributed by atoms with Gasteiger partial charge in [-0.15, -0.1) is 0 Å². The van der Waals surface area contributed by atoms with Crippen molar-refractivity contribution in [1.29, 1.82) is 0 Å². The number of imidazole rings is 1. The maximum Gasteiger partial charge on any atom is 0.224 e. The van der Waals surface area contributed by atoms with Crippen LogP contribution < -0.4 is 5.32 Å². The van der Waals surface area contributed by atoms with Crippen LogP contribution in [0.2, 0.25) is 0 Å². The number of likely N-dealkylation sites (tertiary alicyclic amines) is 1. The van der Waals surface area contributed by atoms with Crippen molar-refractivity contribution in [3.63, 3.8) is 0 Å². The lowest BCUT2D eigenvalue weighted by molar-refractivity contribution is -0.127. The fraction of sp³-hybridized carbons (Fsp3) is 0.391. The Balaban J connectivity index is 1.61. The van der Waals surface area contributed by atoms with Crippen molar-refractivity contribution >= 4 is 16.9 Å². The van der Waals surface area contributed by atoms with Crippen molar-refractivity contribution in [2.24, 2.45) is 5.92 Å². The molecule has 1 fully saturated rings. The second-order valence-corrected chi connectivity index (χ2v) is 8.07. The highest BCUT2D eigenvalue weighted by Gasteiger charge is 2.27. The van der Waals surface area contributed by atoms with Gasteiger partial charge in [0.2, 0.25) is 5.91 Å². The first-order chi connectivity index (χ1) is 14.0. The van der Waals surface area contributed by atoms with Crippen LogP contribution in [0.5, 0.6) is 0 Å². The third-order valence-corrected chi connectivity index (χ3v) is 5.39. The number of nitrogens with zero attached hydrogens (tertiary/aromatic N) is 3. The molecular formula is C23H27FN4O. The van der Waals surface area contributed by atoms with Crippen molar-refractivity contribution < 1.29 is 9.18 Å². The number of rotatable bonds is 5. The van der Waals surface area contributed by atoms with Crippen LogP contribution in [0.15, 0.2) is 48.5 Å². The summed E-state index contributed by atoms with van der Waals surface area (Å²) in [6.45, 7) is 6.30. The fourth-order valence-corrected chi connectivity index (χ4v) is 4.08. The van der Waals surface area contributed by atoms with Gasteiger partial charge in [-0.05, 0) is 69.6 Å². The number of para-hydroxylation sites is 2. The first-order valence-electron chi connectivity index (χ1n) is 10.3. The molecule has 2 heterocycles. The van der Waals surface area contributed by atoms with Crippen molar-refractivity contribution in [2.45, 2.75) is 39.3 Å². The lowest BCUT2D eigenvalue weighted by Gasteiger charge is -2.32. The molecule has 1 aliphatic heterocycles. The Hall–Kier alpha value is -2.73. The zero-order valence-corrected chi connectivity index (χ0v) is 16.9. The van der Waals surface area contributed by atoms with Gasteiger partial charge in [-0.25, -0.2) is 9.37 Å². The molecule has 1 aliphatic rings. The largest absolute Gasteiger partial charge is 0.354 e. The lowest BCUT2D eigenvalue weighted by atomic mass is 9.97. The van der Waals surface area contributed by atoms with E-state index in [2.05, 4.69) is 14.8 Å². The normalized spacial score (nSPS) is 17.7. The van der Waals surface area contributed by atoms with Crippen LogP contribution in [0, 0.1) is 11.7 Å². The highest BCUT2D eigenvalue weighted by molar-refractivity contribution is 5.79. The Morgan fingerprint density at radius 3 is 2.72 bits per heavy atom. The second-order valence-electron chi connectivity index (χ2n) is 8.07. The van der Waals surface area contributed by atoms with Gasteiger partial charge in [-0.3, -0.25) is 14.3 Å². The van der Waals surface area contributed by atoms with E-state index in [1.807, 2.05) is 38.1 Å². The monoisotopic (exact) mass is 394 g/mol. The molecule has 1 amide bonds. The standard InChI is InChI=1S/C23H27FN4O/c1-16(2)25-23(29)17-6-5-13-27(14-17)15-22-26-20-7-3-4-8-21(20)28(22)19-11-9-18(24)10-12-19/h3-4,7-12,16-17H,5-6,13-15H2,1-2H3,(H,25,29)/t17-/m1/s1. The highest BCUT2D eigenvalue weighted by Crippen LogP contribution is 2.25. The number of hydrogen-bond acceptors (Lipinski definition) is 3. The van der Waals surface area contributed by atoms with Crippen LogP contribution in [0.25, 0.3) is 16.7 Å². The van der Waals surface area contributed by atoms with Crippen molar-refractivity contribution in [2.75, 3.05) is 13.1 Å². The molecule has 152 valence electrons. The summed E-state index contributed by atoms with van der Waals surface area (Å²) in [6.07, 6.45) is 1.91. The first kappa shape index (κ1) is 19.6. The minimum Gasteiger partial charge on any atom is -0.354 e.